The third-order valence-corrected chi connectivity index (χ3v) is 1.60. The molecule has 4 nitrogen and oxygen atoms in total. The maximum atomic E-state index is 10.6. The van der Waals surface area contributed by atoms with Crippen LogP contribution >= 0.6 is 0 Å². The molecule has 67 valence electrons. The zero-order valence-electron chi connectivity index (χ0n) is 6.78. The van der Waals surface area contributed by atoms with Crippen LogP contribution in [0.5, 0.6) is 0 Å². The van der Waals surface area contributed by atoms with E-state index in [1.54, 1.807) is 12.1 Å². The number of benzene rings is 1. The molecule has 4 heteroatoms. The van der Waals surface area contributed by atoms with Crippen LogP contribution in [0.1, 0.15) is 15.9 Å². The molecule has 0 bridgehead atoms. The Labute approximate surface area is 75.0 Å². The highest BCUT2D eigenvalue weighted by Gasteiger charge is 2.10. The van der Waals surface area contributed by atoms with Crippen molar-refractivity contribution < 1.29 is 14.7 Å². The number of rotatable bonds is 3. The monoisotopic (exact) mass is 178 g/mol. The van der Waals surface area contributed by atoms with Crippen LogP contribution in [0.15, 0.2) is 24.3 Å². The number of hydrogen-bond acceptors (Lipinski definition) is 2. The summed E-state index contributed by atoms with van der Waals surface area (Å²) in [4.78, 5) is 21.1. The lowest BCUT2D eigenvalue weighted by atomic mass is 10.0. The van der Waals surface area contributed by atoms with E-state index in [0.29, 0.717) is 5.56 Å². The second-order valence-corrected chi connectivity index (χ2v) is 2.56. The maximum Gasteiger partial charge on any atom is 0.335 e. The van der Waals surface area contributed by atoms with Gasteiger partial charge in [-0.2, -0.15) is 0 Å². The number of amides is 1. The Morgan fingerprint density at radius 3 is 2.46 bits per heavy atom. The van der Waals surface area contributed by atoms with Crippen molar-refractivity contribution in [2.45, 2.75) is 6.42 Å². The normalized spacial score (nSPS) is 9.54. The first-order valence-corrected chi connectivity index (χ1v) is 3.67. The van der Waals surface area contributed by atoms with E-state index in [0.717, 1.165) is 0 Å². The Bertz CT molecular complexity index is 346. The fourth-order valence-electron chi connectivity index (χ4n) is 1.06. The summed E-state index contributed by atoms with van der Waals surface area (Å²) >= 11 is 0. The van der Waals surface area contributed by atoms with E-state index in [2.05, 4.69) is 0 Å². The van der Waals surface area contributed by atoms with E-state index < -0.39 is 11.9 Å². The van der Waals surface area contributed by atoms with Gasteiger partial charge in [0.1, 0.15) is 0 Å². The van der Waals surface area contributed by atoms with Gasteiger partial charge in [0.2, 0.25) is 5.91 Å². The molecule has 1 rings (SSSR count). The molecule has 0 aliphatic carbocycles. The van der Waals surface area contributed by atoms with Crippen molar-refractivity contribution in [3.05, 3.63) is 35.4 Å². The van der Waals surface area contributed by atoms with Gasteiger partial charge >= 0.3 is 5.97 Å². The van der Waals surface area contributed by atoms with Gasteiger partial charge in [0.15, 0.2) is 0 Å². The molecule has 2 N–H and O–H groups in total. The number of carboxylic acid groups (broad SMARTS) is 1. The Kier molecular flexibility index (Phi) is 2.64. The highest BCUT2D eigenvalue weighted by Crippen LogP contribution is 2.09. The van der Waals surface area contributed by atoms with Gasteiger partial charge in [-0.1, -0.05) is 18.2 Å². The van der Waals surface area contributed by atoms with Gasteiger partial charge in [-0.05, 0) is 11.6 Å². The summed E-state index contributed by atoms with van der Waals surface area (Å²) in [6.07, 6.45) is -0.150. The van der Waals surface area contributed by atoms with Crippen molar-refractivity contribution in [1.82, 2.24) is 5.73 Å². The predicted molar refractivity (Wildman–Crippen MR) is 45.2 cm³/mol. The van der Waals surface area contributed by atoms with Crippen LogP contribution in [0.4, 0.5) is 0 Å². The Balaban J connectivity index is 3.04. The highest BCUT2D eigenvalue weighted by molar-refractivity contribution is 5.91. The number of carbonyl (C=O) groups is 2. The summed E-state index contributed by atoms with van der Waals surface area (Å²) in [5.41, 5.74) is 7.19. The molecule has 0 aliphatic rings. The molecule has 1 aromatic rings. The van der Waals surface area contributed by atoms with Crippen molar-refractivity contribution >= 4 is 11.9 Å². The van der Waals surface area contributed by atoms with Crippen LogP contribution in [0.25, 0.3) is 0 Å². The molecule has 0 spiro atoms. The van der Waals surface area contributed by atoms with Crippen LogP contribution in [-0.4, -0.2) is 17.0 Å². The first kappa shape index (κ1) is 9.25. The first-order chi connectivity index (χ1) is 6.11. The fourth-order valence-corrected chi connectivity index (χ4v) is 1.06. The molecule has 13 heavy (non-hydrogen) atoms. The van der Waals surface area contributed by atoms with Gasteiger partial charge in [0, 0.05) is 0 Å². The summed E-state index contributed by atoms with van der Waals surface area (Å²) in [5.74, 6) is -1.86. The lowest BCUT2D eigenvalue weighted by molar-refractivity contribution is -0.118. The van der Waals surface area contributed by atoms with Crippen molar-refractivity contribution in [3.8, 4) is 0 Å². The van der Waals surface area contributed by atoms with E-state index in [9.17, 15) is 9.59 Å². The predicted octanol–water partition coefficient (Wildman–Crippen LogP) is 0.737. The molecule has 0 fully saturated rings. The number of aromatic carboxylic acids is 1. The lowest BCUT2D eigenvalue weighted by Gasteiger charge is -2.01. The SMILES string of the molecule is [NH]C(=O)Cc1ccccc1C(=O)O. The topological polar surface area (TPSA) is 78.2 Å². The number of carboxylic acids is 1. The molecule has 0 atom stereocenters. The average Bonchev–Trinajstić information content (AvgIpc) is 2.03. The van der Waals surface area contributed by atoms with Gasteiger partial charge in [-0.3, -0.25) is 10.5 Å². The van der Waals surface area contributed by atoms with Gasteiger partial charge in [-0.15, -0.1) is 0 Å². The minimum Gasteiger partial charge on any atom is -0.478 e. The third-order valence-electron chi connectivity index (χ3n) is 1.60. The number of hydrogen-bond donors (Lipinski definition) is 1. The van der Waals surface area contributed by atoms with Crippen molar-refractivity contribution in [2.24, 2.45) is 0 Å². The second-order valence-electron chi connectivity index (χ2n) is 2.56. The number of nitrogens with one attached hydrogen (secondary N) is 1. The molecule has 1 aromatic carbocycles. The van der Waals surface area contributed by atoms with Gasteiger partial charge in [-0.25, -0.2) is 4.79 Å². The lowest BCUT2D eigenvalue weighted by Crippen LogP contribution is -2.08. The summed E-state index contributed by atoms with van der Waals surface area (Å²) in [5, 5.41) is 8.71. The van der Waals surface area contributed by atoms with Crippen LogP contribution in [0.2, 0.25) is 0 Å². The van der Waals surface area contributed by atoms with Gasteiger partial charge in [0.25, 0.3) is 0 Å². The Morgan fingerprint density at radius 1 is 1.31 bits per heavy atom. The average molecular weight is 178 g/mol. The van der Waals surface area contributed by atoms with E-state index in [1.807, 2.05) is 0 Å². The summed E-state index contributed by atoms with van der Waals surface area (Å²) in [6.45, 7) is 0. The van der Waals surface area contributed by atoms with Crippen molar-refractivity contribution in [2.75, 3.05) is 0 Å². The highest BCUT2D eigenvalue weighted by atomic mass is 16.4. The smallest absolute Gasteiger partial charge is 0.335 e. The molecule has 1 amide bonds. The fraction of sp³-hybridized carbons (Fsp3) is 0.111. The largest absolute Gasteiger partial charge is 0.478 e. The number of carbonyl (C=O) groups excluding carboxylic acids is 1. The standard InChI is InChI=1S/C9H8NO3/c10-8(11)5-6-3-1-2-4-7(6)9(12)13/h1-4,10H,5H2,(H,12,13). The first-order valence-electron chi connectivity index (χ1n) is 3.67. The van der Waals surface area contributed by atoms with Crippen LogP contribution in [-0.2, 0) is 11.2 Å². The van der Waals surface area contributed by atoms with Crippen LogP contribution in [0.3, 0.4) is 0 Å². The van der Waals surface area contributed by atoms with E-state index in [4.69, 9.17) is 10.8 Å². The Morgan fingerprint density at radius 2 is 1.92 bits per heavy atom. The quantitative estimate of drug-likeness (QED) is 0.741. The molecule has 1 radical (unpaired) electrons. The summed E-state index contributed by atoms with van der Waals surface area (Å²) in [6, 6.07) is 6.18. The summed E-state index contributed by atoms with van der Waals surface area (Å²) < 4.78 is 0. The minimum atomic E-state index is -1.07. The van der Waals surface area contributed by atoms with Gasteiger partial charge < -0.3 is 5.11 Å². The van der Waals surface area contributed by atoms with E-state index in [-0.39, 0.29) is 12.0 Å². The molecule has 0 heterocycles. The van der Waals surface area contributed by atoms with Gasteiger partial charge in [0.05, 0.1) is 12.0 Å². The zero-order valence-corrected chi connectivity index (χ0v) is 6.78. The minimum absolute atomic E-state index is 0.0862. The third kappa shape index (κ3) is 2.30. The van der Waals surface area contributed by atoms with Crippen molar-refractivity contribution in [1.29, 1.82) is 0 Å². The molecule has 0 aliphatic heterocycles. The molecule has 0 saturated carbocycles. The summed E-state index contributed by atoms with van der Waals surface area (Å²) in [7, 11) is 0. The Hall–Kier alpha value is -1.84. The van der Waals surface area contributed by atoms with Crippen molar-refractivity contribution in [3.63, 3.8) is 0 Å². The van der Waals surface area contributed by atoms with Crippen LogP contribution < -0.4 is 5.73 Å². The van der Waals surface area contributed by atoms with E-state index >= 15 is 0 Å². The van der Waals surface area contributed by atoms with E-state index in [1.165, 1.54) is 12.1 Å². The second kappa shape index (κ2) is 3.71. The molecule has 0 aromatic heterocycles. The molecule has 0 saturated heterocycles. The molecular formula is C9H8NO3. The maximum absolute atomic E-state index is 10.6. The van der Waals surface area contributed by atoms with Crippen LogP contribution in [0, 0.1) is 0 Å². The molecule has 0 unspecified atom stereocenters. The molecular weight excluding hydrogens is 170 g/mol. The zero-order chi connectivity index (χ0) is 9.84.